The molecule has 3 aromatic rings. The average Bonchev–Trinajstić information content (AvgIpc) is 3.84. The molecule has 2 aromatic carbocycles. The van der Waals surface area contributed by atoms with E-state index < -0.39 is 18.0 Å². The number of urea groups is 1. The first-order chi connectivity index (χ1) is 28.2. The Morgan fingerprint density at radius 3 is 2.41 bits per heavy atom. The first-order valence-corrected chi connectivity index (χ1v) is 20.9. The zero-order chi connectivity index (χ0) is 40.2. The van der Waals surface area contributed by atoms with Crippen molar-refractivity contribution in [1.29, 1.82) is 0 Å². The molecule has 312 valence electrons. The van der Waals surface area contributed by atoms with Crippen LogP contribution in [0, 0.1) is 6.92 Å². The summed E-state index contributed by atoms with van der Waals surface area (Å²) >= 11 is 0. The number of fused-ring (bicyclic) bond motifs is 2. The number of likely N-dealkylation sites (tertiary alicyclic amines) is 3. The third-order valence-electron chi connectivity index (χ3n) is 12.6. The first kappa shape index (κ1) is 39.9. The van der Waals surface area contributed by atoms with Gasteiger partial charge in [-0.3, -0.25) is 24.4 Å². The van der Waals surface area contributed by atoms with Crippen LogP contribution in [0.3, 0.4) is 0 Å². The number of aromatic nitrogens is 1. The van der Waals surface area contributed by atoms with Gasteiger partial charge < -0.3 is 38.6 Å². The van der Waals surface area contributed by atoms with Crippen LogP contribution in [0.2, 0.25) is 0 Å². The van der Waals surface area contributed by atoms with Crippen LogP contribution in [0.15, 0.2) is 45.6 Å². The summed E-state index contributed by atoms with van der Waals surface area (Å²) in [7, 11) is 0. The number of aryl methyl sites for hydroxylation is 1. The van der Waals surface area contributed by atoms with Gasteiger partial charge in [-0.1, -0.05) is 24.3 Å². The van der Waals surface area contributed by atoms with Crippen molar-refractivity contribution in [3.05, 3.63) is 63.6 Å². The summed E-state index contributed by atoms with van der Waals surface area (Å²) in [5.74, 6) is -1.02. The minimum Gasteiger partial charge on any atom is -0.463 e. The zero-order valence-corrected chi connectivity index (χ0v) is 33.3. The Morgan fingerprint density at radius 2 is 1.62 bits per heavy atom. The number of nitrogens with zero attached hydrogens (tertiary/aromatic N) is 5. The second-order valence-corrected chi connectivity index (χ2v) is 16.2. The van der Waals surface area contributed by atoms with Gasteiger partial charge in [0, 0.05) is 76.5 Å². The number of piperidine rings is 2. The van der Waals surface area contributed by atoms with Crippen LogP contribution in [-0.4, -0.2) is 156 Å². The number of para-hydroxylation sites is 1. The van der Waals surface area contributed by atoms with Gasteiger partial charge in [-0.2, -0.15) is 0 Å². The maximum atomic E-state index is 14.3. The number of carbonyl (C=O) groups is 4. The van der Waals surface area contributed by atoms with E-state index in [1.54, 1.807) is 15.9 Å². The molecule has 5 aliphatic rings. The second-order valence-electron chi connectivity index (χ2n) is 16.2. The summed E-state index contributed by atoms with van der Waals surface area (Å²) in [6.07, 6.45) is 3.40. The Morgan fingerprint density at radius 1 is 0.879 bits per heavy atom. The minimum absolute atomic E-state index is 0.0325. The molecule has 2 N–H and O–H groups in total. The molecule has 0 spiro atoms. The molecule has 16 nitrogen and oxygen atoms in total. The number of aromatic amines is 1. The van der Waals surface area contributed by atoms with E-state index in [0.717, 1.165) is 55.7 Å². The fourth-order valence-corrected chi connectivity index (χ4v) is 9.40. The van der Waals surface area contributed by atoms with Crippen molar-refractivity contribution in [2.45, 2.75) is 82.5 Å². The molecule has 58 heavy (non-hydrogen) atoms. The number of carbonyl (C=O) groups excluding carboxylic acids is 4. The number of anilines is 1. The van der Waals surface area contributed by atoms with Gasteiger partial charge >= 0.3 is 23.8 Å². The van der Waals surface area contributed by atoms with Crippen LogP contribution in [0.5, 0.6) is 0 Å². The van der Waals surface area contributed by atoms with Crippen molar-refractivity contribution in [1.82, 2.24) is 29.5 Å². The molecule has 0 radical (unpaired) electrons. The van der Waals surface area contributed by atoms with Gasteiger partial charge in [0.05, 0.1) is 18.7 Å². The van der Waals surface area contributed by atoms with Crippen LogP contribution in [0.25, 0.3) is 11.1 Å². The van der Waals surface area contributed by atoms with E-state index in [4.69, 9.17) is 18.6 Å². The lowest BCUT2D eigenvalue weighted by molar-refractivity contribution is -0.151. The van der Waals surface area contributed by atoms with Crippen molar-refractivity contribution in [3.8, 4) is 0 Å². The Kier molecular flexibility index (Phi) is 12.3. The van der Waals surface area contributed by atoms with Crippen molar-refractivity contribution in [2.24, 2.45) is 0 Å². The molecule has 2 atom stereocenters. The molecule has 4 fully saturated rings. The first-order valence-electron chi connectivity index (χ1n) is 20.9. The van der Waals surface area contributed by atoms with Gasteiger partial charge in [0.25, 0.3) is 5.91 Å². The topological polar surface area (TPSA) is 170 Å². The largest absolute Gasteiger partial charge is 0.463 e. The molecule has 1 aromatic heterocycles. The monoisotopic (exact) mass is 801 g/mol. The van der Waals surface area contributed by atoms with Crippen molar-refractivity contribution in [3.63, 3.8) is 0 Å². The molecule has 0 unspecified atom stereocenters. The highest BCUT2D eigenvalue weighted by atomic mass is 16.6. The van der Waals surface area contributed by atoms with Crippen LogP contribution in [-0.2, 0) is 36.6 Å². The lowest BCUT2D eigenvalue weighted by atomic mass is 9.99. The predicted octanol–water partition coefficient (Wildman–Crippen LogP) is 3.36. The highest BCUT2D eigenvalue weighted by molar-refractivity contribution is 5.91. The number of hydrogen-bond donors (Lipinski definition) is 2. The third kappa shape index (κ3) is 9.03. The van der Waals surface area contributed by atoms with Gasteiger partial charge in [0.2, 0.25) is 0 Å². The quantitative estimate of drug-likeness (QED) is 0.289. The number of hydrogen-bond acceptors (Lipinski definition) is 11. The van der Waals surface area contributed by atoms with E-state index >= 15 is 0 Å². The average molecular weight is 802 g/mol. The van der Waals surface area contributed by atoms with Gasteiger partial charge in [0.1, 0.15) is 12.6 Å². The number of esters is 1. The summed E-state index contributed by atoms with van der Waals surface area (Å²) in [6.45, 7) is 9.12. The molecule has 6 heterocycles. The fourth-order valence-electron chi connectivity index (χ4n) is 9.40. The molecule has 0 saturated carbocycles. The lowest BCUT2D eigenvalue weighted by Crippen LogP contribution is -2.53. The van der Waals surface area contributed by atoms with E-state index in [1.807, 2.05) is 42.2 Å². The highest BCUT2D eigenvalue weighted by Crippen LogP contribution is 2.29. The smallest absolute Gasteiger partial charge is 0.417 e. The molecule has 4 saturated heterocycles. The standard InChI is InChI=1S/C42H55N7O9/c1-28-25-29(26-35-37(28)44-41(53)57-35)27-36(58-42(54)47-16-11-32(12-17-47)49-18-8-30-5-2-3-6-33(30)43-40(49)52)38(50)46-14-9-31(10-15-46)48-13-4-7-34(48)39(51)56-24-21-45-19-22-55-23-20-45/h2-3,5-6,25-26,31-32,34,36H,4,7-24,27H2,1H3,(H,43,52)(H,44,53)/t34-,36+/m0/s1. The Balaban J connectivity index is 0.890. The molecule has 8 rings (SSSR count). The number of ether oxygens (including phenoxy) is 3. The van der Waals surface area contributed by atoms with E-state index in [9.17, 15) is 24.0 Å². The van der Waals surface area contributed by atoms with Crippen molar-refractivity contribution in [2.75, 3.05) is 84.0 Å². The predicted molar refractivity (Wildman–Crippen MR) is 214 cm³/mol. The number of amides is 4. The summed E-state index contributed by atoms with van der Waals surface area (Å²) in [5, 5.41) is 3.04. The summed E-state index contributed by atoms with van der Waals surface area (Å²) in [6, 6.07) is 11.1. The Hall–Kier alpha value is -4.93. The molecule has 16 heteroatoms. The normalized spacial score (nSPS) is 22.1. The molecule has 0 aliphatic carbocycles. The maximum absolute atomic E-state index is 14.3. The lowest BCUT2D eigenvalue weighted by Gasteiger charge is -2.40. The SMILES string of the molecule is Cc1cc(C[C@@H](OC(=O)N2CCC(N3CCc4ccccc4NC3=O)CC2)C(=O)N2CCC(N3CCC[C@H]3C(=O)OCCN3CCOCC3)CC2)cc2oc(=O)[nH]c12. The number of rotatable bonds is 10. The second kappa shape index (κ2) is 17.9. The number of nitrogens with one attached hydrogen (secondary N) is 2. The minimum atomic E-state index is -1.11. The highest BCUT2D eigenvalue weighted by Gasteiger charge is 2.40. The fraction of sp³-hybridized carbons (Fsp3) is 0.595. The molecule has 0 bridgehead atoms. The molecular formula is C42H55N7O9. The van der Waals surface area contributed by atoms with E-state index in [0.29, 0.717) is 101 Å². The third-order valence-corrected chi connectivity index (χ3v) is 12.6. The zero-order valence-electron chi connectivity index (χ0n) is 33.3. The number of H-pyrrole nitrogens is 1. The van der Waals surface area contributed by atoms with Gasteiger partial charge in [-0.05, 0) is 87.2 Å². The van der Waals surface area contributed by atoms with Crippen molar-refractivity contribution >= 4 is 40.8 Å². The molecule has 4 amide bonds. The van der Waals surface area contributed by atoms with Crippen LogP contribution in [0.4, 0.5) is 15.3 Å². The van der Waals surface area contributed by atoms with Gasteiger partial charge in [0.15, 0.2) is 11.7 Å². The summed E-state index contributed by atoms with van der Waals surface area (Å²) in [5.41, 5.74) is 4.37. The van der Waals surface area contributed by atoms with Crippen molar-refractivity contribution < 1.29 is 37.8 Å². The van der Waals surface area contributed by atoms with Crippen LogP contribution < -0.4 is 11.1 Å². The Labute approximate surface area is 337 Å². The summed E-state index contributed by atoms with van der Waals surface area (Å²) in [4.78, 5) is 79.0. The number of morpholine rings is 1. The number of benzene rings is 2. The van der Waals surface area contributed by atoms with E-state index in [2.05, 4.69) is 20.1 Å². The summed E-state index contributed by atoms with van der Waals surface area (Å²) < 4.78 is 22.6. The van der Waals surface area contributed by atoms with Gasteiger partial charge in [-0.15, -0.1) is 0 Å². The van der Waals surface area contributed by atoms with Gasteiger partial charge in [-0.25, -0.2) is 14.4 Å². The molecular weight excluding hydrogens is 747 g/mol. The van der Waals surface area contributed by atoms with E-state index in [1.165, 1.54) is 0 Å². The van der Waals surface area contributed by atoms with E-state index in [-0.39, 0.29) is 42.5 Å². The van der Waals surface area contributed by atoms with Crippen LogP contribution in [0.1, 0.15) is 55.2 Å². The van der Waals surface area contributed by atoms with Crippen LogP contribution >= 0.6 is 0 Å². The maximum Gasteiger partial charge on any atom is 0.417 e. The Bertz CT molecular complexity index is 2010. The number of oxazole rings is 1. The molecule has 5 aliphatic heterocycles.